The monoisotopic (exact) mass is 538 g/mol. The van der Waals surface area contributed by atoms with Gasteiger partial charge in [-0.05, 0) is 81.4 Å². The van der Waals surface area contributed by atoms with Gasteiger partial charge in [0.1, 0.15) is 5.82 Å². The maximum atomic E-state index is 13.7. The van der Waals surface area contributed by atoms with Gasteiger partial charge in [0.05, 0.1) is 11.2 Å². The molecule has 1 amide bonds. The summed E-state index contributed by atoms with van der Waals surface area (Å²) >= 11 is 0. The van der Waals surface area contributed by atoms with Crippen molar-refractivity contribution in [3.63, 3.8) is 0 Å². The summed E-state index contributed by atoms with van der Waals surface area (Å²) in [5.41, 5.74) is 9.07. The fourth-order valence-electron chi connectivity index (χ4n) is 7.48. The molecule has 2 aromatic rings. The van der Waals surface area contributed by atoms with Gasteiger partial charge in [-0.1, -0.05) is 24.3 Å². The van der Waals surface area contributed by atoms with E-state index in [4.69, 9.17) is 5.73 Å². The van der Waals surface area contributed by atoms with Gasteiger partial charge < -0.3 is 16.2 Å². The molecule has 3 saturated carbocycles. The number of aliphatic hydroxyl groups is 1. The number of alkyl halides is 2. The molecular weight excluding hydrogens is 498 g/mol. The molecule has 3 aliphatic carbocycles. The number of nitrogens with one attached hydrogen (secondary N) is 1. The zero-order valence-electron chi connectivity index (χ0n) is 22.8. The molecule has 4 fully saturated rings. The van der Waals surface area contributed by atoms with E-state index in [9.17, 15) is 18.7 Å². The number of fused-ring (bicyclic) bond motifs is 1. The van der Waals surface area contributed by atoms with Gasteiger partial charge in [0, 0.05) is 55.2 Å². The second-order valence-corrected chi connectivity index (χ2v) is 12.9. The summed E-state index contributed by atoms with van der Waals surface area (Å²) in [6, 6.07) is 10.7. The van der Waals surface area contributed by atoms with Crippen LogP contribution in [0.5, 0.6) is 0 Å². The van der Waals surface area contributed by atoms with Gasteiger partial charge in [-0.2, -0.15) is 0 Å². The van der Waals surface area contributed by atoms with Crippen molar-refractivity contribution in [1.82, 2.24) is 15.2 Å². The number of halogens is 2. The third-order valence-corrected chi connectivity index (χ3v) is 10.2. The van der Waals surface area contributed by atoms with Crippen molar-refractivity contribution in [3.05, 3.63) is 47.7 Å². The number of nitrogen functional groups attached to an aromatic ring is 1. The highest BCUT2D eigenvalue weighted by molar-refractivity contribution is 5.99. The van der Waals surface area contributed by atoms with E-state index in [-0.39, 0.29) is 42.1 Å². The molecule has 2 heterocycles. The molecule has 1 aliphatic heterocycles. The van der Waals surface area contributed by atoms with Gasteiger partial charge in [0.25, 0.3) is 5.91 Å². The molecule has 4 N–H and O–H groups in total. The Hall–Kier alpha value is -2.58. The molecule has 2 atom stereocenters. The molecule has 0 unspecified atom stereocenters. The zero-order chi connectivity index (χ0) is 27.4. The zero-order valence-corrected chi connectivity index (χ0v) is 22.8. The van der Waals surface area contributed by atoms with E-state index in [1.54, 1.807) is 6.20 Å². The SMILES string of the molecule is CC1(O)CCC(NC(=O)c2cc(-c3ccc([C@@]45CC[C@@H]4CN(C4CCC(F)(F)CC4)C5)cc3)cnc2N)CC1. The van der Waals surface area contributed by atoms with Gasteiger partial charge in [0.15, 0.2) is 0 Å². The first-order valence-electron chi connectivity index (χ1n) is 14.6. The lowest BCUT2D eigenvalue weighted by molar-refractivity contribution is -0.0519. The number of rotatable bonds is 5. The minimum absolute atomic E-state index is 0.0128. The van der Waals surface area contributed by atoms with E-state index in [0.29, 0.717) is 37.2 Å². The van der Waals surface area contributed by atoms with Crippen LogP contribution < -0.4 is 11.1 Å². The number of carbonyl (C=O) groups is 1. The number of amides is 1. The number of anilines is 1. The lowest BCUT2D eigenvalue weighted by atomic mass is 9.58. The fraction of sp³-hybridized carbons (Fsp3) is 0.613. The summed E-state index contributed by atoms with van der Waals surface area (Å²) in [5.74, 6) is -1.92. The van der Waals surface area contributed by atoms with Crippen LogP contribution in [0.15, 0.2) is 36.5 Å². The second-order valence-electron chi connectivity index (χ2n) is 12.9. The molecule has 39 heavy (non-hydrogen) atoms. The van der Waals surface area contributed by atoms with Gasteiger partial charge in [0.2, 0.25) is 5.92 Å². The first-order chi connectivity index (χ1) is 18.5. The summed E-state index contributed by atoms with van der Waals surface area (Å²) in [6.07, 6.45) is 8.05. The van der Waals surface area contributed by atoms with E-state index >= 15 is 0 Å². The Kier molecular flexibility index (Phi) is 6.70. The van der Waals surface area contributed by atoms with Crippen LogP contribution in [-0.2, 0) is 5.41 Å². The van der Waals surface area contributed by atoms with Crippen molar-refractivity contribution in [2.45, 2.75) is 100 Å². The van der Waals surface area contributed by atoms with E-state index in [2.05, 4.69) is 39.5 Å². The molecule has 0 radical (unpaired) electrons. The maximum absolute atomic E-state index is 13.7. The minimum atomic E-state index is -2.49. The van der Waals surface area contributed by atoms with Crippen molar-refractivity contribution in [1.29, 1.82) is 0 Å². The molecule has 210 valence electrons. The highest BCUT2D eigenvalue weighted by Gasteiger charge is 2.55. The quantitative estimate of drug-likeness (QED) is 0.481. The summed E-state index contributed by atoms with van der Waals surface area (Å²) < 4.78 is 27.4. The van der Waals surface area contributed by atoms with E-state index in [1.165, 1.54) is 12.0 Å². The Bertz CT molecular complexity index is 1210. The summed E-state index contributed by atoms with van der Waals surface area (Å²) in [7, 11) is 0. The van der Waals surface area contributed by atoms with E-state index in [0.717, 1.165) is 43.5 Å². The number of nitrogens with two attached hydrogens (primary N) is 1. The van der Waals surface area contributed by atoms with Gasteiger partial charge >= 0.3 is 0 Å². The standard InChI is InChI=1S/C31H40F2N4O2/c1-29(39)11-7-24(8-12-29)36-28(38)26-16-21(17-35-27(26)34)20-2-4-22(5-3-20)30-13-6-23(30)18-37(19-30)25-9-14-31(32,33)15-10-25/h2-5,16-17,23-25,39H,6-15,18-19H2,1H3,(H2,34,35)(H,36,38)/t23-,24?,29?,30+/m1/s1. The second kappa shape index (κ2) is 9.81. The number of likely N-dealkylation sites (tertiary alicyclic amines) is 1. The Morgan fingerprint density at radius 3 is 2.36 bits per heavy atom. The normalized spacial score (nSPS) is 32.8. The largest absolute Gasteiger partial charge is 0.390 e. The van der Waals surface area contributed by atoms with Gasteiger partial charge in [-0.15, -0.1) is 0 Å². The van der Waals surface area contributed by atoms with Crippen LogP contribution in [-0.4, -0.2) is 57.6 Å². The first kappa shape index (κ1) is 26.6. The predicted octanol–water partition coefficient (Wildman–Crippen LogP) is 5.30. The number of hydrogen-bond acceptors (Lipinski definition) is 5. The number of benzene rings is 1. The number of aromatic nitrogens is 1. The molecule has 6 nitrogen and oxygen atoms in total. The van der Waals surface area contributed by atoms with Crippen molar-refractivity contribution < 1.29 is 18.7 Å². The molecular formula is C31H40F2N4O2. The molecule has 1 saturated heterocycles. The summed E-state index contributed by atoms with van der Waals surface area (Å²) in [4.78, 5) is 19.9. The van der Waals surface area contributed by atoms with Crippen LogP contribution in [0.3, 0.4) is 0 Å². The molecule has 1 aromatic heterocycles. The highest BCUT2D eigenvalue weighted by atomic mass is 19.3. The van der Waals surface area contributed by atoms with Crippen LogP contribution in [0.1, 0.15) is 87.1 Å². The Morgan fingerprint density at radius 1 is 1.03 bits per heavy atom. The summed E-state index contributed by atoms with van der Waals surface area (Å²) in [6.45, 7) is 3.81. The molecule has 6 rings (SSSR count). The van der Waals surface area contributed by atoms with Gasteiger partial charge in [-0.25, -0.2) is 13.8 Å². The van der Waals surface area contributed by atoms with Crippen molar-refractivity contribution in [2.75, 3.05) is 18.8 Å². The smallest absolute Gasteiger partial charge is 0.255 e. The molecule has 0 spiro atoms. The Morgan fingerprint density at radius 2 is 1.72 bits per heavy atom. The van der Waals surface area contributed by atoms with Crippen LogP contribution in [0.4, 0.5) is 14.6 Å². The van der Waals surface area contributed by atoms with Crippen molar-refractivity contribution >= 4 is 11.7 Å². The lowest BCUT2D eigenvalue weighted by Gasteiger charge is -2.45. The van der Waals surface area contributed by atoms with Crippen LogP contribution in [0.2, 0.25) is 0 Å². The highest BCUT2D eigenvalue weighted by Crippen LogP contribution is 2.55. The molecule has 4 aliphatic rings. The number of pyridine rings is 1. The average molecular weight is 539 g/mol. The Labute approximate surface area is 229 Å². The molecule has 0 bridgehead atoms. The summed E-state index contributed by atoms with van der Waals surface area (Å²) in [5, 5.41) is 13.3. The van der Waals surface area contributed by atoms with E-state index < -0.39 is 11.5 Å². The van der Waals surface area contributed by atoms with Gasteiger partial charge in [-0.3, -0.25) is 9.69 Å². The third kappa shape index (κ3) is 5.18. The average Bonchev–Trinajstić information content (AvgIpc) is 3.16. The number of nitrogens with zero attached hydrogens (tertiary/aromatic N) is 2. The Balaban J connectivity index is 1.14. The van der Waals surface area contributed by atoms with E-state index in [1.807, 2.05) is 13.0 Å². The minimum Gasteiger partial charge on any atom is -0.390 e. The maximum Gasteiger partial charge on any atom is 0.255 e. The van der Waals surface area contributed by atoms with Crippen molar-refractivity contribution in [2.24, 2.45) is 5.92 Å². The first-order valence-corrected chi connectivity index (χ1v) is 14.6. The number of hydrogen-bond donors (Lipinski definition) is 3. The predicted molar refractivity (Wildman–Crippen MR) is 148 cm³/mol. The molecule has 8 heteroatoms. The molecule has 1 aromatic carbocycles. The van der Waals surface area contributed by atoms with Crippen molar-refractivity contribution in [3.8, 4) is 11.1 Å². The third-order valence-electron chi connectivity index (χ3n) is 10.2. The van der Waals surface area contributed by atoms with Crippen LogP contribution in [0, 0.1) is 5.92 Å². The number of carbonyl (C=O) groups excluding carboxylic acids is 1. The lowest BCUT2D eigenvalue weighted by Crippen LogP contribution is -2.44. The van der Waals surface area contributed by atoms with Crippen LogP contribution in [0.25, 0.3) is 11.1 Å². The topological polar surface area (TPSA) is 91.5 Å². The van der Waals surface area contributed by atoms with Crippen LogP contribution >= 0.6 is 0 Å². The fourth-order valence-corrected chi connectivity index (χ4v) is 7.48.